The molecule has 1 N–H and O–H groups in total. The summed E-state index contributed by atoms with van der Waals surface area (Å²) in [5, 5.41) is 4.47. The highest BCUT2D eigenvalue weighted by Crippen LogP contribution is 2.28. The smallest absolute Gasteiger partial charge is 0.200 e. The summed E-state index contributed by atoms with van der Waals surface area (Å²) >= 11 is 0. The van der Waals surface area contributed by atoms with Gasteiger partial charge in [-0.3, -0.25) is 5.43 Å². The number of nitrogens with zero attached hydrogens (tertiary/aromatic N) is 2. The van der Waals surface area contributed by atoms with Gasteiger partial charge in [-0.2, -0.15) is 5.10 Å². The molecule has 3 rings (SSSR count). The van der Waals surface area contributed by atoms with Gasteiger partial charge in [-0.05, 0) is 26.0 Å². The van der Waals surface area contributed by atoms with E-state index in [1.807, 2.05) is 35.1 Å². The van der Waals surface area contributed by atoms with Gasteiger partial charge in [0.05, 0.1) is 12.8 Å². The van der Waals surface area contributed by atoms with Crippen molar-refractivity contribution in [2.45, 2.75) is 20.4 Å². The molecule has 0 fully saturated rings. The molecule has 0 atom stereocenters. The van der Waals surface area contributed by atoms with Gasteiger partial charge in [0, 0.05) is 22.2 Å². The largest absolute Gasteiger partial charge is 0.333 e. The number of hydrazone groups is 1. The lowest BCUT2D eigenvalue weighted by Gasteiger charge is -2.07. The third-order valence-electron chi connectivity index (χ3n) is 4.36. The van der Waals surface area contributed by atoms with E-state index < -0.39 is 34.8 Å². The van der Waals surface area contributed by atoms with Gasteiger partial charge in [0.2, 0.25) is 5.82 Å². The highest BCUT2D eigenvalue weighted by molar-refractivity contribution is 6.01. The molecule has 1 heterocycles. The Hall–Kier alpha value is -3.34. The first-order valence-corrected chi connectivity index (χ1v) is 8.11. The molecule has 0 aliphatic heterocycles. The number of anilines is 1. The van der Waals surface area contributed by atoms with Crippen LogP contribution < -0.4 is 5.43 Å². The van der Waals surface area contributed by atoms with Gasteiger partial charge in [0.1, 0.15) is 5.69 Å². The number of hydrogen-bond donors (Lipinski definition) is 1. The molecule has 3 nitrogen and oxygen atoms in total. The van der Waals surface area contributed by atoms with Crippen LogP contribution >= 0.6 is 0 Å². The lowest BCUT2D eigenvalue weighted by molar-refractivity contribution is 0.381. The normalized spacial score (nSPS) is 11.4. The third-order valence-corrected chi connectivity index (χ3v) is 4.36. The molecule has 0 unspecified atom stereocenters. The fourth-order valence-corrected chi connectivity index (χ4v) is 2.94. The molecule has 0 saturated heterocycles. The Morgan fingerprint density at radius 3 is 2.25 bits per heavy atom. The minimum atomic E-state index is -2.23. The van der Waals surface area contributed by atoms with Gasteiger partial charge >= 0.3 is 0 Å². The van der Waals surface area contributed by atoms with Crippen LogP contribution in [0.1, 0.15) is 16.8 Å². The molecule has 0 aliphatic carbocycles. The van der Waals surface area contributed by atoms with E-state index in [1.54, 1.807) is 6.92 Å². The van der Waals surface area contributed by atoms with E-state index in [1.165, 1.54) is 6.21 Å². The number of terminal acetylenes is 1. The van der Waals surface area contributed by atoms with Gasteiger partial charge < -0.3 is 4.57 Å². The first-order valence-electron chi connectivity index (χ1n) is 8.11. The Balaban J connectivity index is 2.05. The van der Waals surface area contributed by atoms with Crippen molar-refractivity contribution in [3.8, 4) is 12.3 Å². The van der Waals surface area contributed by atoms with Crippen LogP contribution in [0.2, 0.25) is 0 Å². The van der Waals surface area contributed by atoms with Crippen LogP contribution in [0.3, 0.4) is 0 Å². The molecule has 8 heteroatoms. The van der Waals surface area contributed by atoms with Crippen LogP contribution in [0.15, 0.2) is 23.3 Å². The molecule has 28 heavy (non-hydrogen) atoms. The number of halogens is 5. The maximum Gasteiger partial charge on any atom is 0.200 e. The topological polar surface area (TPSA) is 29.3 Å². The Bertz CT molecular complexity index is 1130. The molecule has 1 aromatic heterocycles. The number of benzene rings is 2. The fourth-order valence-electron chi connectivity index (χ4n) is 2.94. The lowest BCUT2D eigenvalue weighted by atomic mass is 10.1. The molecule has 0 spiro atoms. The van der Waals surface area contributed by atoms with Gasteiger partial charge in [-0.15, -0.1) is 6.42 Å². The standard InChI is InChI=1S/C20H14F5N3/c1-4-7-28-11(3)13(12-8-10(2)5-6-14(12)28)9-26-27-20-18(24)16(22)15(21)17(23)19(20)25/h1,5-6,8-9,27H,7H2,2-3H3/b26-9+. The predicted octanol–water partition coefficient (Wildman–Crippen LogP) is 5.03. The average molecular weight is 391 g/mol. The molecule has 0 bridgehead atoms. The minimum Gasteiger partial charge on any atom is -0.333 e. The number of hydrogen-bond acceptors (Lipinski definition) is 2. The Kier molecular flexibility index (Phi) is 5.10. The van der Waals surface area contributed by atoms with Crippen molar-refractivity contribution in [3.05, 3.63) is 64.1 Å². The molecule has 2 aromatic carbocycles. The van der Waals surface area contributed by atoms with Gasteiger partial charge in [-0.25, -0.2) is 22.0 Å². The molecule has 0 radical (unpaired) electrons. The summed E-state index contributed by atoms with van der Waals surface area (Å²) in [6.45, 7) is 3.97. The van der Waals surface area contributed by atoms with Crippen LogP contribution in [0.5, 0.6) is 0 Å². The molecule has 0 amide bonds. The quantitative estimate of drug-likeness (QED) is 0.166. The van der Waals surface area contributed by atoms with E-state index in [0.29, 0.717) is 12.1 Å². The van der Waals surface area contributed by atoms with Crippen LogP contribution in [-0.4, -0.2) is 10.8 Å². The second-order valence-electron chi connectivity index (χ2n) is 6.12. The maximum atomic E-state index is 13.7. The zero-order chi connectivity index (χ0) is 20.6. The van der Waals surface area contributed by atoms with Gasteiger partial charge in [0.15, 0.2) is 23.3 Å². The van der Waals surface area contributed by atoms with Crippen molar-refractivity contribution in [2.75, 3.05) is 5.43 Å². The van der Waals surface area contributed by atoms with E-state index in [9.17, 15) is 22.0 Å². The predicted molar refractivity (Wildman–Crippen MR) is 97.7 cm³/mol. The average Bonchev–Trinajstić information content (AvgIpc) is 2.92. The summed E-state index contributed by atoms with van der Waals surface area (Å²) in [6.07, 6.45) is 6.66. The summed E-state index contributed by atoms with van der Waals surface area (Å²) in [5.41, 5.74) is 3.82. The van der Waals surface area contributed by atoms with E-state index >= 15 is 0 Å². The second-order valence-corrected chi connectivity index (χ2v) is 6.12. The number of fused-ring (bicyclic) bond motifs is 1. The van der Waals surface area contributed by atoms with E-state index in [2.05, 4.69) is 11.0 Å². The van der Waals surface area contributed by atoms with Crippen molar-refractivity contribution >= 4 is 22.8 Å². The Morgan fingerprint density at radius 1 is 1.04 bits per heavy atom. The monoisotopic (exact) mass is 391 g/mol. The SMILES string of the molecule is C#CCn1c(C)c(/C=N/Nc2c(F)c(F)c(F)c(F)c2F)c2cc(C)ccc21. The van der Waals surface area contributed by atoms with E-state index in [0.717, 1.165) is 22.2 Å². The maximum absolute atomic E-state index is 13.7. The molecule has 3 aromatic rings. The minimum absolute atomic E-state index is 0.296. The first-order chi connectivity index (χ1) is 13.3. The van der Waals surface area contributed by atoms with E-state index in [-0.39, 0.29) is 0 Å². The molecular formula is C20H14F5N3. The zero-order valence-corrected chi connectivity index (χ0v) is 14.9. The number of rotatable bonds is 4. The van der Waals surface area contributed by atoms with Gasteiger partial charge in [-0.1, -0.05) is 17.6 Å². The van der Waals surface area contributed by atoms with Gasteiger partial charge in [0.25, 0.3) is 0 Å². The highest BCUT2D eigenvalue weighted by atomic mass is 19.2. The Labute approximate surface area is 157 Å². The van der Waals surface area contributed by atoms with Crippen LogP contribution in [-0.2, 0) is 6.54 Å². The third kappa shape index (κ3) is 3.09. The molecule has 0 saturated carbocycles. The summed E-state index contributed by atoms with van der Waals surface area (Å²) < 4.78 is 69.0. The van der Waals surface area contributed by atoms with Crippen molar-refractivity contribution in [3.63, 3.8) is 0 Å². The molecule has 144 valence electrons. The number of aryl methyl sites for hydroxylation is 1. The summed E-state index contributed by atoms with van der Waals surface area (Å²) in [4.78, 5) is 0. The second kappa shape index (κ2) is 7.35. The van der Waals surface area contributed by atoms with Crippen molar-refractivity contribution in [1.82, 2.24) is 4.57 Å². The van der Waals surface area contributed by atoms with Crippen molar-refractivity contribution in [1.29, 1.82) is 0 Å². The van der Waals surface area contributed by atoms with E-state index in [4.69, 9.17) is 6.42 Å². The fraction of sp³-hybridized carbons (Fsp3) is 0.150. The summed E-state index contributed by atoms with van der Waals surface area (Å²) in [6, 6.07) is 5.67. The summed E-state index contributed by atoms with van der Waals surface area (Å²) in [7, 11) is 0. The number of aromatic nitrogens is 1. The number of nitrogens with one attached hydrogen (secondary N) is 1. The highest BCUT2D eigenvalue weighted by Gasteiger charge is 2.25. The first kappa shape index (κ1) is 19.4. The van der Waals surface area contributed by atoms with Crippen LogP contribution in [0.4, 0.5) is 27.6 Å². The van der Waals surface area contributed by atoms with Crippen LogP contribution in [0.25, 0.3) is 10.9 Å². The van der Waals surface area contributed by atoms with Crippen molar-refractivity contribution in [2.24, 2.45) is 5.10 Å². The summed E-state index contributed by atoms with van der Waals surface area (Å²) in [5.74, 6) is -7.76. The Morgan fingerprint density at radius 2 is 1.64 bits per heavy atom. The lowest BCUT2D eigenvalue weighted by Crippen LogP contribution is -2.06. The van der Waals surface area contributed by atoms with Crippen molar-refractivity contribution < 1.29 is 22.0 Å². The molecule has 0 aliphatic rings. The zero-order valence-electron chi connectivity index (χ0n) is 14.9. The van der Waals surface area contributed by atoms with Crippen LogP contribution in [0, 0.1) is 55.3 Å². The molecular weight excluding hydrogens is 377 g/mol.